The SMILES string of the molecule is COC(=O)C1=C(C)N(Cc2ccccc2)C(=O)/C1=C\c1cc(C)n(-c2ccccc2F)c1C. The zero-order valence-corrected chi connectivity index (χ0v) is 19.1. The van der Waals surface area contributed by atoms with E-state index < -0.39 is 5.97 Å². The predicted octanol–water partition coefficient (Wildman–Crippen LogP) is 5.11. The molecule has 1 aliphatic heterocycles. The second-order valence-electron chi connectivity index (χ2n) is 8.00. The maximum absolute atomic E-state index is 14.5. The molecule has 0 atom stereocenters. The number of hydrogen-bond acceptors (Lipinski definition) is 3. The summed E-state index contributed by atoms with van der Waals surface area (Å²) in [6.45, 7) is 5.83. The number of carbonyl (C=O) groups excluding carboxylic acids is 2. The Bertz CT molecular complexity index is 1300. The number of ether oxygens (including phenoxy) is 1. The number of aromatic nitrogens is 1. The number of allylic oxidation sites excluding steroid dienone is 1. The number of halogens is 1. The quantitative estimate of drug-likeness (QED) is 0.406. The van der Waals surface area contributed by atoms with E-state index in [4.69, 9.17) is 4.74 Å². The third kappa shape index (κ3) is 4.00. The highest BCUT2D eigenvalue weighted by Gasteiger charge is 2.37. The van der Waals surface area contributed by atoms with Gasteiger partial charge < -0.3 is 14.2 Å². The normalized spacial score (nSPS) is 15.0. The molecule has 1 aliphatic rings. The Balaban J connectivity index is 1.80. The van der Waals surface area contributed by atoms with Crippen LogP contribution in [0.5, 0.6) is 0 Å². The monoisotopic (exact) mass is 444 g/mol. The van der Waals surface area contributed by atoms with Gasteiger partial charge in [-0.3, -0.25) is 4.79 Å². The molecule has 0 spiro atoms. The van der Waals surface area contributed by atoms with Crippen LogP contribution in [0.2, 0.25) is 0 Å². The fourth-order valence-electron chi connectivity index (χ4n) is 4.28. The Labute approximate surface area is 192 Å². The summed E-state index contributed by atoms with van der Waals surface area (Å²) < 4.78 is 21.3. The van der Waals surface area contributed by atoms with Crippen LogP contribution in [0.25, 0.3) is 11.8 Å². The topological polar surface area (TPSA) is 51.5 Å². The standard InChI is InChI=1S/C27H25FN2O3/c1-17-14-21(18(2)30(17)24-13-9-8-12-23(24)28)15-22-25(27(32)33-4)19(3)29(26(22)31)16-20-10-6-5-7-11-20/h5-15H,16H2,1-4H3/b22-15-. The van der Waals surface area contributed by atoms with Crippen molar-refractivity contribution in [2.45, 2.75) is 27.3 Å². The lowest BCUT2D eigenvalue weighted by Gasteiger charge is -2.17. The first-order valence-electron chi connectivity index (χ1n) is 10.6. The number of esters is 1. The van der Waals surface area contributed by atoms with Crippen molar-refractivity contribution in [3.8, 4) is 5.69 Å². The molecular formula is C27H25FN2O3. The summed E-state index contributed by atoms with van der Waals surface area (Å²) in [5.74, 6) is -1.17. The second-order valence-corrected chi connectivity index (χ2v) is 8.00. The van der Waals surface area contributed by atoms with E-state index in [-0.39, 0.29) is 22.9 Å². The molecule has 0 bridgehead atoms. The third-order valence-electron chi connectivity index (χ3n) is 5.95. The zero-order chi connectivity index (χ0) is 23.7. The molecule has 6 heteroatoms. The van der Waals surface area contributed by atoms with Gasteiger partial charge in [-0.25, -0.2) is 9.18 Å². The number of hydrogen-bond donors (Lipinski definition) is 0. The van der Waals surface area contributed by atoms with E-state index in [1.807, 2.05) is 50.2 Å². The predicted molar refractivity (Wildman–Crippen MR) is 125 cm³/mol. The summed E-state index contributed by atoms with van der Waals surface area (Å²) in [7, 11) is 1.30. The van der Waals surface area contributed by atoms with E-state index in [0.717, 1.165) is 22.5 Å². The fraction of sp³-hybridized carbons (Fsp3) is 0.185. The van der Waals surface area contributed by atoms with E-state index >= 15 is 0 Å². The van der Waals surface area contributed by atoms with E-state index in [0.29, 0.717) is 17.9 Å². The molecule has 2 heterocycles. The van der Waals surface area contributed by atoms with Gasteiger partial charge in [0.2, 0.25) is 0 Å². The van der Waals surface area contributed by atoms with Gasteiger partial charge in [-0.05, 0) is 56.2 Å². The number of para-hydroxylation sites is 1. The first-order chi connectivity index (χ1) is 15.8. The van der Waals surface area contributed by atoms with Gasteiger partial charge in [0.1, 0.15) is 5.82 Å². The van der Waals surface area contributed by atoms with Crippen LogP contribution >= 0.6 is 0 Å². The molecule has 0 aliphatic carbocycles. The molecule has 0 fully saturated rings. The average molecular weight is 445 g/mol. The molecular weight excluding hydrogens is 419 g/mol. The number of amides is 1. The van der Waals surface area contributed by atoms with Crippen LogP contribution in [-0.2, 0) is 20.9 Å². The minimum absolute atomic E-state index is 0.245. The maximum Gasteiger partial charge on any atom is 0.340 e. The zero-order valence-electron chi connectivity index (χ0n) is 19.1. The minimum Gasteiger partial charge on any atom is -0.465 e. The Hall–Kier alpha value is -3.93. The van der Waals surface area contributed by atoms with E-state index in [9.17, 15) is 14.0 Å². The second kappa shape index (κ2) is 8.90. The van der Waals surface area contributed by atoms with Crippen molar-refractivity contribution in [2.75, 3.05) is 7.11 Å². The molecule has 1 amide bonds. The lowest BCUT2D eigenvalue weighted by molar-refractivity contribution is -0.136. The molecule has 2 aromatic carbocycles. The van der Waals surface area contributed by atoms with Crippen LogP contribution in [-0.4, -0.2) is 28.5 Å². The van der Waals surface area contributed by atoms with Crippen molar-refractivity contribution < 1.29 is 18.7 Å². The van der Waals surface area contributed by atoms with Crippen molar-refractivity contribution >= 4 is 18.0 Å². The van der Waals surface area contributed by atoms with Gasteiger partial charge in [-0.15, -0.1) is 0 Å². The lowest BCUT2D eigenvalue weighted by Crippen LogP contribution is -2.24. The molecule has 0 radical (unpaired) electrons. The van der Waals surface area contributed by atoms with Crippen LogP contribution in [0.3, 0.4) is 0 Å². The number of nitrogens with zero attached hydrogens (tertiary/aromatic N) is 2. The lowest BCUT2D eigenvalue weighted by atomic mass is 10.0. The smallest absolute Gasteiger partial charge is 0.340 e. The van der Waals surface area contributed by atoms with Crippen molar-refractivity contribution in [1.82, 2.24) is 9.47 Å². The highest BCUT2D eigenvalue weighted by atomic mass is 19.1. The van der Waals surface area contributed by atoms with Gasteiger partial charge in [0.25, 0.3) is 5.91 Å². The Morgan fingerprint density at radius 2 is 1.70 bits per heavy atom. The summed E-state index contributed by atoms with van der Waals surface area (Å²) in [6, 6.07) is 18.0. The molecule has 5 nitrogen and oxygen atoms in total. The maximum atomic E-state index is 14.5. The van der Waals surface area contributed by atoms with Crippen molar-refractivity contribution in [3.63, 3.8) is 0 Å². The van der Waals surface area contributed by atoms with Gasteiger partial charge in [-0.2, -0.15) is 0 Å². The molecule has 33 heavy (non-hydrogen) atoms. The summed E-state index contributed by atoms with van der Waals surface area (Å²) in [6.07, 6.45) is 1.70. The van der Waals surface area contributed by atoms with Crippen LogP contribution in [0.1, 0.15) is 29.4 Å². The summed E-state index contributed by atoms with van der Waals surface area (Å²) in [5, 5.41) is 0. The first-order valence-corrected chi connectivity index (χ1v) is 10.6. The Morgan fingerprint density at radius 1 is 1.03 bits per heavy atom. The number of methoxy groups -OCH3 is 1. The average Bonchev–Trinajstić information content (AvgIpc) is 3.21. The van der Waals surface area contributed by atoms with Gasteiger partial charge in [0.05, 0.1) is 30.5 Å². The Kier molecular flexibility index (Phi) is 6.01. The van der Waals surface area contributed by atoms with Crippen molar-refractivity contribution in [3.05, 3.63) is 106 Å². The molecule has 168 valence electrons. The van der Waals surface area contributed by atoms with Gasteiger partial charge in [-0.1, -0.05) is 42.5 Å². The molecule has 0 saturated heterocycles. The summed E-state index contributed by atoms with van der Waals surface area (Å²) >= 11 is 0. The van der Waals surface area contributed by atoms with E-state index in [2.05, 4.69) is 0 Å². The number of aryl methyl sites for hydroxylation is 1. The third-order valence-corrected chi connectivity index (χ3v) is 5.95. The number of benzene rings is 2. The van der Waals surface area contributed by atoms with Crippen molar-refractivity contribution in [2.24, 2.45) is 0 Å². The van der Waals surface area contributed by atoms with Gasteiger partial charge in [0, 0.05) is 17.1 Å². The largest absolute Gasteiger partial charge is 0.465 e. The van der Waals surface area contributed by atoms with E-state index in [1.54, 1.807) is 40.7 Å². The van der Waals surface area contributed by atoms with Crippen LogP contribution in [0.15, 0.2) is 77.5 Å². The van der Waals surface area contributed by atoms with Crippen LogP contribution < -0.4 is 0 Å². The van der Waals surface area contributed by atoms with Gasteiger partial charge >= 0.3 is 5.97 Å². The first kappa shape index (κ1) is 22.3. The van der Waals surface area contributed by atoms with Crippen LogP contribution in [0.4, 0.5) is 4.39 Å². The number of rotatable bonds is 5. The van der Waals surface area contributed by atoms with Crippen molar-refractivity contribution in [1.29, 1.82) is 0 Å². The molecule has 1 aromatic heterocycles. The van der Waals surface area contributed by atoms with Gasteiger partial charge in [0.15, 0.2) is 0 Å². The Morgan fingerprint density at radius 3 is 2.36 bits per heavy atom. The summed E-state index contributed by atoms with van der Waals surface area (Å²) in [5.41, 5.74) is 4.75. The highest BCUT2D eigenvalue weighted by Crippen LogP contribution is 2.34. The number of carbonyl (C=O) groups is 2. The van der Waals surface area contributed by atoms with E-state index in [1.165, 1.54) is 13.2 Å². The highest BCUT2D eigenvalue weighted by molar-refractivity contribution is 6.16. The molecule has 3 aromatic rings. The molecule has 0 unspecified atom stereocenters. The van der Waals surface area contributed by atoms with Crippen LogP contribution in [0, 0.1) is 19.7 Å². The molecule has 0 N–H and O–H groups in total. The molecule has 0 saturated carbocycles. The minimum atomic E-state index is -0.564. The summed E-state index contributed by atoms with van der Waals surface area (Å²) in [4.78, 5) is 27.6. The fourth-order valence-corrected chi connectivity index (χ4v) is 4.28. The molecule has 4 rings (SSSR count).